The SMILES string of the molecule is C=C(C)c1cncn1Cc1ccc(-c2ccccc2)c(=O)[nH]1. The van der Waals surface area contributed by atoms with Crippen LogP contribution < -0.4 is 5.56 Å². The highest BCUT2D eigenvalue weighted by molar-refractivity contribution is 5.62. The molecule has 0 aliphatic heterocycles. The predicted octanol–water partition coefficient (Wildman–Crippen LogP) is 3.32. The first-order valence-corrected chi connectivity index (χ1v) is 7.09. The van der Waals surface area contributed by atoms with Gasteiger partial charge in [0.15, 0.2) is 0 Å². The predicted molar refractivity (Wildman–Crippen MR) is 88.5 cm³/mol. The van der Waals surface area contributed by atoms with Crippen molar-refractivity contribution < 1.29 is 0 Å². The molecule has 0 saturated carbocycles. The van der Waals surface area contributed by atoms with Gasteiger partial charge in [-0.1, -0.05) is 36.9 Å². The molecule has 0 fully saturated rings. The minimum atomic E-state index is -0.0827. The first kappa shape index (κ1) is 14.1. The van der Waals surface area contributed by atoms with Gasteiger partial charge in [0.2, 0.25) is 0 Å². The second-order valence-corrected chi connectivity index (χ2v) is 5.28. The molecular formula is C18H17N3O. The highest BCUT2D eigenvalue weighted by atomic mass is 16.1. The second-order valence-electron chi connectivity index (χ2n) is 5.28. The largest absolute Gasteiger partial charge is 0.325 e. The van der Waals surface area contributed by atoms with Crippen LogP contribution in [-0.4, -0.2) is 14.5 Å². The molecular weight excluding hydrogens is 274 g/mol. The van der Waals surface area contributed by atoms with E-state index in [1.165, 1.54) is 0 Å². The van der Waals surface area contributed by atoms with E-state index in [-0.39, 0.29) is 5.56 Å². The van der Waals surface area contributed by atoms with Crippen molar-refractivity contribution in [3.8, 4) is 11.1 Å². The fraction of sp³-hybridized carbons (Fsp3) is 0.111. The zero-order valence-corrected chi connectivity index (χ0v) is 12.4. The maximum atomic E-state index is 12.3. The number of benzene rings is 1. The van der Waals surface area contributed by atoms with E-state index >= 15 is 0 Å². The van der Waals surface area contributed by atoms with Crippen molar-refractivity contribution in [3.05, 3.63) is 83.3 Å². The Morgan fingerprint density at radius 2 is 2.00 bits per heavy atom. The van der Waals surface area contributed by atoms with Crippen LogP contribution in [0.3, 0.4) is 0 Å². The molecule has 4 nitrogen and oxygen atoms in total. The van der Waals surface area contributed by atoms with Gasteiger partial charge >= 0.3 is 0 Å². The molecule has 0 atom stereocenters. The van der Waals surface area contributed by atoms with Gasteiger partial charge in [0, 0.05) is 11.3 Å². The molecule has 4 heteroatoms. The number of pyridine rings is 1. The molecule has 3 aromatic rings. The lowest BCUT2D eigenvalue weighted by molar-refractivity contribution is 0.760. The molecule has 0 saturated heterocycles. The van der Waals surface area contributed by atoms with Gasteiger partial charge in [-0.05, 0) is 30.2 Å². The number of nitrogens with zero attached hydrogens (tertiary/aromatic N) is 2. The van der Waals surface area contributed by atoms with Gasteiger partial charge in [-0.15, -0.1) is 0 Å². The molecule has 3 rings (SSSR count). The van der Waals surface area contributed by atoms with Crippen molar-refractivity contribution in [2.75, 3.05) is 0 Å². The van der Waals surface area contributed by atoms with Gasteiger partial charge in [0.1, 0.15) is 0 Å². The molecule has 22 heavy (non-hydrogen) atoms. The molecule has 0 radical (unpaired) electrons. The summed E-state index contributed by atoms with van der Waals surface area (Å²) in [5.74, 6) is 0. The van der Waals surface area contributed by atoms with E-state index in [2.05, 4.69) is 16.5 Å². The molecule has 2 aromatic heterocycles. The summed E-state index contributed by atoms with van der Waals surface area (Å²) in [6.45, 7) is 6.44. The van der Waals surface area contributed by atoms with E-state index < -0.39 is 0 Å². The number of H-pyrrole nitrogens is 1. The lowest BCUT2D eigenvalue weighted by Gasteiger charge is -2.08. The number of aromatic amines is 1. The topological polar surface area (TPSA) is 50.7 Å². The third kappa shape index (κ3) is 2.76. The van der Waals surface area contributed by atoms with Crippen molar-refractivity contribution in [2.45, 2.75) is 13.5 Å². The number of allylic oxidation sites excluding steroid dienone is 1. The summed E-state index contributed by atoms with van der Waals surface area (Å²) in [7, 11) is 0. The first-order valence-electron chi connectivity index (χ1n) is 7.09. The third-order valence-electron chi connectivity index (χ3n) is 3.54. The number of hydrogen-bond donors (Lipinski definition) is 1. The molecule has 0 amide bonds. The van der Waals surface area contributed by atoms with E-state index in [1.54, 1.807) is 12.5 Å². The number of aromatic nitrogens is 3. The Labute approximate surface area is 128 Å². The quantitative estimate of drug-likeness (QED) is 0.801. The van der Waals surface area contributed by atoms with Crippen molar-refractivity contribution in [1.29, 1.82) is 0 Å². The Balaban J connectivity index is 1.91. The molecule has 0 bridgehead atoms. The zero-order chi connectivity index (χ0) is 15.5. The number of rotatable bonds is 4. The van der Waals surface area contributed by atoms with Gasteiger partial charge < -0.3 is 9.55 Å². The minimum absolute atomic E-state index is 0.0827. The van der Waals surface area contributed by atoms with Crippen LogP contribution in [0.5, 0.6) is 0 Å². The lowest BCUT2D eigenvalue weighted by Crippen LogP contribution is -2.13. The summed E-state index contributed by atoms with van der Waals surface area (Å²) in [4.78, 5) is 19.4. The fourth-order valence-corrected chi connectivity index (χ4v) is 2.44. The van der Waals surface area contributed by atoms with E-state index in [4.69, 9.17) is 0 Å². The van der Waals surface area contributed by atoms with Crippen LogP contribution in [-0.2, 0) is 6.54 Å². The van der Waals surface area contributed by atoms with Crippen LogP contribution >= 0.6 is 0 Å². The Kier molecular flexibility index (Phi) is 3.74. The molecule has 1 aromatic carbocycles. The molecule has 0 aliphatic carbocycles. The van der Waals surface area contributed by atoms with Crippen LogP contribution in [0.1, 0.15) is 18.3 Å². The number of nitrogens with one attached hydrogen (secondary N) is 1. The van der Waals surface area contributed by atoms with E-state index in [0.717, 1.165) is 22.5 Å². The molecule has 0 spiro atoms. The van der Waals surface area contributed by atoms with E-state index in [1.807, 2.05) is 54.0 Å². The van der Waals surface area contributed by atoms with Crippen LogP contribution in [0, 0.1) is 0 Å². The highest BCUT2D eigenvalue weighted by Gasteiger charge is 2.07. The number of hydrogen-bond acceptors (Lipinski definition) is 2. The van der Waals surface area contributed by atoms with Crippen molar-refractivity contribution in [2.24, 2.45) is 0 Å². The van der Waals surface area contributed by atoms with Gasteiger partial charge in [0.25, 0.3) is 5.56 Å². The van der Waals surface area contributed by atoms with Gasteiger partial charge in [0.05, 0.1) is 24.8 Å². The van der Waals surface area contributed by atoms with Crippen LogP contribution in [0.4, 0.5) is 0 Å². The monoisotopic (exact) mass is 291 g/mol. The van der Waals surface area contributed by atoms with Crippen molar-refractivity contribution in [1.82, 2.24) is 14.5 Å². The summed E-state index contributed by atoms with van der Waals surface area (Å²) >= 11 is 0. The molecule has 110 valence electrons. The third-order valence-corrected chi connectivity index (χ3v) is 3.54. The average molecular weight is 291 g/mol. The normalized spacial score (nSPS) is 10.6. The standard InChI is InChI=1S/C18H17N3O/c1-13(2)17-10-19-12-21(17)11-15-8-9-16(18(22)20-15)14-6-4-3-5-7-14/h3-10,12H,1,11H2,2H3,(H,20,22). The maximum Gasteiger partial charge on any atom is 0.256 e. The van der Waals surface area contributed by atoms with E-state index in [0.29, 0.717) is 12.1 Å². The fourth-order valence-electron chi connectivity index (χ4n) is 2.44. The summed E-state index contributed by atoms with van der Waals surface area (Å²) in [5.41, 5.74) is 4.26. The van der Waals surface area contributed by atoms with Crippen molar-refractivity contribution >= 4 is 5.57 Å². The average Bonchev–Trinajstić information content (AvgIpc) is 2.96. The molecule has 1 N–H and O–H groups in total. The second kappa shape index (κ2) is 5.85. The summed E-state index contributed by atoms with van der Waals surface area (Å²) < 4.78 is 1.97. The molecule has 2 heterocycles. The van der Waals surface area contributed by atoms with Gasteiger partial charge in [-0.3, -0.25) is 4.79 Å². The van der Waals surface area contributed by atoms with Gasteiger partial charge in [-0.25, -0.2) is 4.98 Å². The minimum Gasteiger partial charge on any atom is -0.325 e. The summed E-state index contributed by atoms with van der Waals surface area (Å²) in [6, 6.07) is 13.4. The Morgan fingerprint density at radius 3 is 2.68 bits per heavy atom. The Morgan fingerprint density at radius 1 is 1.23 bits per heavy atom. The van der Waals surface area contributed by atoms with Gasteiger partial charge in [-0.2, -0.15) is 0 Å². The van der Waals surface area contributed by atoms with Crippen LogP contribution in [0.15, 0.2) is 66.4 Å². The molecule has 0 unspecified atom stereocenters. The van der Waals surface area contributed by atoms with E-state index in [9.17, 15) is 4.79 Å². The Hall–Kier alpha value is -2.88. The zero-order valence-electron chi connectivity index (χ0n) is 12.4. The lowest BCUT2D eigenvalue weighted by atomic mass is 10.1. The summed E-state index contributed by atoms with van der Waals surface area (Å²) in [6.07, 6.45) is 3.52. The van der Waals surface area contributed by atoms with Crippen LogP contribution in [0.25, 0.3) is 16.7 Å². The smallest absolute Gasteiger partial charge is 0.256 e. The first-order chi connectivity index (χ1) is 10.6. The van der Waals surface area contributed by atoms with Crippen LogP contribution in [0.2, 0.25) is 0 Å². The molecule has 0 aliphatic rings. The van der Waals surface area contributed by atoms with Crippen molar-refractivity contribution in [3.63, 3.8) is 0 Å². The highest BCUT2D eigenvalue weighted by Crippen LogP contribution is 2.15. The summed E-state index contributed by atoms with van der Waals surface area (Å²) in [5, 5.41) is 0. The Bertz CT molecular complexity index is 859. The number of imidazole rings is 1. The maximum absolute atomic E-state index is 12.3.